The van der Waals surface area contributed by atoms with Crippen LogP contribution in [-0.2, 0) is 0 Å². The fraction of sp³-hybridized carbons (Fsp3) is 0.111. The van der Waals surface area contributed by atoms with E-state index in [9.17, 15) is 4.39 Å². The van der Waals surface area contributed by atoms with Gasteiger partial charge in [-0.1, -0.05) is 18.2 Å². The van der Waals surface area contributed by atoms with Crippen LogP contribution >= 0.6 is 0 Å². The molecule has 0 aliphatic heterocycles. The Labute approximate surface area is 65.3 Å². The summed E-state index contributed by atoms with van der Waals surface area (Å²) in [6.45, 7) is 1.82. The van der Waals surface area contributed by atoms with E-state index in [0.29, 0.717) is 5.70 Å². The summed E-state index contributed by atoms with van der Waals surface area (Å²) in [6.07, 6.45) is 1.74. The maximum absolute atomic E-state index is 12.6. The molecule has 0 aliphatic carbocycles. The highest BCUT2D eigenvalue weighted by Crippen LogP contribution is 2.09. The molecular formula is C9H10FN. The summed E-state index contributed by atoms with van der Waals surface area (Å²) < 4.78 is 12.6. The first-order chi connectivity index (χ1) is 5.24. The Hall–Kier alpha value is -1.31. The van der Waals surface area contributed by atoms with Crippen LogP contribution < -0.4 is 5.73 Å². The van der Waals surface area contributed by atoms with E-state index >= 15 is 0 Å². The van der Waals surface area contributed by atoms with Crippen LogP contribution in [-0.4, -0.2) is 0 Å². The lowest BCUT2D eigenvalue weighted by atomic mass is 10.1. The van der Waals surface area contributed by atoms with Crippen molar-refractivity contribution in [3.8, 4) is 0 Å². The van der Waals surface area contributed by atoms with Crippen LogP contribution in [0.15, 0.2) is 30.3 Å². The number of benzene rings is 1. The number of hydrogen-bond donors (Lipinski definition) is 1. The fourth-order valence-electron chi connectivity index (χ4n) is 0.835. The summed E-state index contributed by atoms with van der Waals surface area (Å²) >= 11 is 0. The van der Waals surface area contributed by atoms with E-state index < -0.39 is 0 Å². The third-order valence-electron chi connectivity index (χ3n) is 1.47. The van der Waals surface area contributed by atoms with Gasteiger partial charge in [0.25, 0.3) is 0 Å². The van der Waals surface area contributed by atoms with Crippen molar-refractivity contribution in [1.82, 2.24) is 0 Å². The smallest absolute Gasteiger partial charge is 0.123 e. The van der Waals surface area contributed by atoms with Crippen LogP contribution in [0.3, 0.4) is 0 Å². The van der Waals surface area contributed by atoms with E-state index in [1.54, 1.807) is 18.2 Å². The minimum atomic E-state index is -0.257. The normalized spacial score (nSPS) is 11.6. The Morgan fingerprint density at radius 2 is 2.27 bits per heavy atom. The highest BCUT2D eigenvalue weighted by atomic mass is 19.1. The molecule has 0 atom stereocenters. The minimum absolute atomic E-state index is 0.257. The molecule has 0 saturated carbocycles. The Morgan fingerprint density at radius 3 is 2.82 bits per heavy atom. The molecule has 0 spiro atoms. The van der Waals surface area contributed by atoms with Gasteiger partial charge in [-0.15, -0.1) is 0 Å². The monoisotopic (exact) mass is 151 g/mol. The number of hydrogen-bond acceptors (Lipinski definition) is 1. The average Bonchev–Trinajstić information content (AvgIpc) is 2.03. The molecule has 58 valence electrons. The first-order valence-corrected chi connectivity index (χ1v) is 3.42. The largest absolute Gasteiger partial charge is 0.399 e. The Morgan fingerprint density at radius 1 is 1.55 bits per heavy atom. The van der Waals surface area contributed by atoms with Crippen molar-refractivity contribution in [2.75, 3.05) is 0 Å². The Kier molecular flexibility index (Phi) is 2.26. The number of rotatable bonds is 1. The van der Waals surface area contributed by atoms with Gasteiger partial charge in [0.15, 0.2) is 0 Å². The van der Waals surface area contributed by atoms with Gasteiger partial charge in [0.05, 0.1) is 0 Å². The summed E-state index contributed by atoms with van der Waals surface area (Å²) in [5.41, 5.74) is 6.89. The van der Waals surface area contributed by atoms with Crippen LogP contribution in [0.1, 0.15) is 12.5 Å². The summed E-state index contributed by atoms with van der Waals surface area (Å²) in [7, 11) is 0. The first-order valence-electron chi connectivity index (χ1n) is 3.42. The topological polar surface area (TPSA) is 26.0 Å². The minimum Gasteiger partial charge on any atom is -0.399 e. The molecule has 0 bridgehead atoms. The third kappa shape index (κ3) is 1.80. The lowest BCUT2D eigenvalue weighted by Gasteiger charge is -1.99. The van der Waals surface area contributed by atoms with Crippen molar-refractivity contribution in [2.24, 2.45) is 5.73 Å². The van der Waals surface area contributed by atoms with Crippen LogP contribution in [0.5, 0.6) is 0 Å². The van der Waals surface area contributed by atoms with Gasteiger partial charge in [0, 0.05) is 5.70 Å². The predicted molar refractivity (Wildman–Crippen MR) is 44.2 cm³/mol. The van der Waals surface area contributed by atoms with Gasteiger partial charge < -0.3 is 5.73 Å². The maximum atomic E-state index is 12.6. The molecule has 1 nitrogen and oxygen atoms in total. The molecule has 1 aromatic rings. The predicted octanol–water partition coefficient (Wildman–Crippen LogP) is 2.15. The molecule has 11 heavy (non-hydrogen) atoms. The lowest BCUT2D eigenvalue weighted by Crippen LogP contribution is -1.95. The van der Waals surface area contributed by atoms with E-state index in [2.05, 4.69) is 0 Å². The van der Waals surface area contributed by atoms with E-state index in [1.807, 2.05) is 6.92 Å². The molecule has 2 heteroatoms. The summed E-state index contributed by atoms with van der Waals surface area (Å²) in [4.78, 5) is 0. The average molecular weight is 151 g/mol. The summed E-state index contributed by atoms with van der Waals surface area (Å²) in [6, 6.07) is 6.22. The van der Waals surface area contributed by atoms with Crippen molar-refractivity contribution in [3.63, 3.8) is 0 Å². The van der Waals surface area contributed by atoms with Crippen molar-refractivity contribution in [1.29, 1.82) is 0 Å². The Balaban J connectivity index is 3.06. The molecule has 0 saturated heterocycles. The van der Waals surface area contributed by atoms with Crippen LogP contribution in [0.25, 0.3) is 5.70 Å². The molecule has 0 unspecified atom stereocenters. The first kappa shape index (κ1) is 7.79. The zero-order valence-corrected chi connectivity index (χ0v) is 6.34. The highest BCUT2D eigenvalue weighted by Gasteiger charge is 1.95. The Bertz CT molecular complexity index is 279. The van der Waals surface area contributed by atoms with Crippen molar-refractivity contribution < 1.29 is 4.39 Å². The van der Waals surface area contributed by atoms with Gasteiger partial charge in [0.2, 0.25) is 0 Å². The second-order valence-corrected chi connectivity index (χ2v) is 2.25. The van der Waals surface area contributed by atoms with Crippen LogP contribution in [0, 0.1) is 5.82 Å². The van der Waals surface area contributed by atoms with Gasteiger partial charge in [-0.2, -0.15) is 0 Å². The van der Waals surface area contributed by atoms with Gasteiger partial charge in [0.1, 0.15) is 5.82 Å². The molecule has 2 N–H and O–H groups in total. The van der Waals surface area contributed by atoms with Crippen LogP contribution in [0.4, 0.5) is 4.39 Å². The molecule has 0 fully saturated rings. The van der Waals surface area contributed by atoms with Gasteiger partial charge in [-0.25, -0.2) is 4.39 Å². The molecule has 0 aromatic heterocycles. The summed E-state index contributed by atoms with van der Waals surface area (Å²) in [5, 5.41) is 0. The zero-order valence-electron chi connectivity index (χ0n) is 6.34. The molecule has 1 aromatic carbocycles. The second-order valence-electron chi connectivity index (χ2n) is 2.25. The molecule has 0 radical (unpaired) electrons. The zero-order chi connectivity index (χ0) is 8.27. The quantitative estimate of drug-likeness (QED) is 0.653. The van der Waals surface area contributed by atoms with E-state index in [4.69, 9.17) is 5.73 Å². The number of halogens is 1. The highest BCUT2D eigenvalue weighted by molar-refractivity contribution is 5.61. The van der Waals surface area contributed by atoms with Crippen LogP contribution in [0.2, 0.25) is 0 Å². The summed E-state index contributed by atoms with van der Waals surface area (Å²) in [5.74, 6) is -0.257. The number of allylic oxidation sites excluding steroid dienone is 1. The van der Waals surface area contributed by atoms with Gasteiger partial charge >= 0.3 is 0 Å². The van der Waals surface area contributed by atoms with Crippen molar-refractivity contribution >= 4 is 5.70 Å². The standard InChI is InChI=1S/C9H10FN/c1-2-9(11)7-4-3-5-8(10)6-7/h2-6H,11H2,1H3/b9-2-. The SMILES string of the molecule is C/C=C(\N)c1cccc(F)c1. The molecule has 0 aliphatic rings. The van der Waals surface area contributed by atoms with Crippen molar-refractivity contribution in [3.05, 3.63) is 41.7 Å². The maximum Gasteiger partial charge on any atom is 0.123 e. The van der Waals surface area contributed by atoms with Gasteiger partial charge in [-0.3, -0.25) is 0 Å². The van der Waals surface area contributed by atoms with Crippen molar-refractivity contribution in [2.45, 2.75) is 6.92 Å². The molecule has 0 amide bonds. The van der Waals surface area contributed by atoms with E-state index in [1.165, 1.54) is 12.1 Å². The molecule has 0 heterocycles. The third-order valence-corrected chi connectivity index (χ3v) is 1.47. The van der Waals surface area contributed by atoms with Gasteiger partial charge in [-0.05, 0) is 24.6 Å². The molecular weight excluding hydrogens is 141 g/mol. The molecule has 1 rings (SSSR count). The van der Waals surface area contributed by atoms with E-state index in [0.717, 1.165) is 5.56 Å². The van der Waals surface area contributed by atoms with E-state index in [-0.39, 0.29) is 5.82 Å². The fourth-order valence-corrected chi connectivity index (χ4v) is 0.835. The second kappa shape index (κ2) is 3.19. The lowest BCUT2D eigenvalue weighted by molar-refractivity contribution is 0.627. The number of nitrogens with two attached hydrogens (primary N) is 1.